The van der Waals surface area contributed by atoms with Crippen molar-refractivity contribution < 1.29 is 19.5 Å². The number of halogens is 1. The van der Waals surface area contributed by atoms with E-state index in [-0.39, 0.29) is 25.3 Å². The molecule has 0 aliphatic rings. The molecule has 5 N–H and O–H groups in total. The number of fused-ring (bicyclic) bond motifs is 1. The van der Waals surface area contributed by atoms with Gasteiger partial charge in [0.25, 0.3) is 0 Å². The molecule has 2 amide bonds. The number of carboxylic acid groups (broad SMARTS) is 1. The Morgan fingerprint density at radius 3 is 2.29 bits per heavy atom. The second kappa shape index (κ2) is 12.7. The lowest BCUT2D eigenvalue weighted by Crippen LogP contribution is -2.46. The standard InChI is InChI=1S/C28H28ClN5O4/c29-21-13-11-20(12-14-21)19-9-7-18(8-10-19)16-24(27(37)38)32-26(36)17-31-25(35)6-3-15-30-28-33-22-4-1-2-5-23(22)34-28/h1-2,4-5,7-14,24H,3,6,15-17H2,(H,31,35)(H,32,36)(H,37,38)(H2,30,33,34). The summed E-state index contributed by atoms with van der Waals surface area (Å²) >= 11 is 5.93. The maximum atomic E-state index is 12.3. The van der Waals surface area contributed by atoms with Crippen LogP contribution in [0.15, 0.2) is 72.8 Å². The Bertz CT molecular complexity index is 1370. The Kier molecular flexibility index (Phi) is 8.94. The van der Waals surface area contributed by atoms with Gasteiger partial charge in [-0.3, -0.25) is 9.59 Å². The van der Waals surface area contributed by atoms with Crippen LogP contribution in [-0.2, 0) is 20.8 Å². The van der Waals surface area contributed by atoms with E-state index in [0.717, 1.165) is 27.7 Å². The highest BCUT2D eigenvalue weighted by Crippen LogP contribution is 2.22. The maximum Gasteiger partial charge on any atom is 0.326 e. The molecule has 4 rings (SSSR count). The average Bonchev–Trinajstić information content (AvgIpc) is 3.33. The van der Waals surface area contributed by atoms with Gasteiger partial charge >= 0.3 is 5.97 Å². The van der Waals surface area contributed by atoms with Crippen LogP contribution >= 0.6 is 11.6 Å². The van der Waals surface area contributed by atoms with Crippen molar-refractivity contribution in [2.24, 2.45) is 0 Å². The number of H-pyrrole nitrogens is 1. The minimum Gasteiger partial charge on any atom is -0.480 e. The van der Waals surface area contributed by atoms with Crippen molar-refractivity contribution in [1.29, 1.82) is 0 Å². The second-order valence-electron chi connectivity index (χ2n) is 8.78. The topological polar surface area (TPSA) is 136 Å². The van der Waals surface area contributed by atoms with Crippen LogP contribution in [0.1, 0.15) is 18.4 Å². The SMILES string of the molecule is O=C(CCCNc1nc2ccccc2[nH]1)NCC(=O)NC(Cc1ccc(-c2ccc(Cl)cc2)cc1)C(=O)O. The van der Waals surface area contributed by atoms with Crippen molar-refractivity contribution in [2.75, 3.05) is 18.4 Å². The zero-order chi connectivity index (χ0) is 26.9. The van der Waals surface area contributed by atoms with Crippen LogP contribution in [0.25, 0.3) is 22.2 Å². The lowest BCUT2D eigenvalue weighted by atomic mass is 10.0. The number of imidazole rings is 1. The van der Waals surface area contributed by atoms with Crippen molar-refractivity contribution in [2.45, 2.75) is 25.3 Å². The predicted molar refractivity (Wildman–Crippen MR) is 147 cm³/mol. The third-order valence-corrected chi connectivity index (χ3v) is 6.17. The fourth-order valence-corrected chi connectivity index (χ4v) is 4.04. The van der Waals surface area contributed by atoms with Crippen LogP contribution in [0, 0.1) is 0 Å². The highest BCUT2D eigenvalue weighted by molar-refractivity contribution is 6.30. The largest absolute Gasteiger partial charge is 0.480 e. The first-order valence-electron chi connectivity index (χ1n) is 12.2. The molecule has 1 atom stereocenters. The summed E-state index contributed by atoms with van der Waals surface area (Å²) in [7, 11) is 0. The van der Waals surface area contributed by atoms with Crippen LogP contribution in [0.5, 0.6) is 0 Å². The number of carbonyl (C=O) groups excluding carboxylic acids is 2. The summed E-state index contributed by atoms with van der Waals surface area (Å²) in [5, 5.41) is 18.4. The number of aromatic nitrogens is 2. The van der Waals surface area contributed by atoms with E-state index in [0.29, 0.717) is 23.9 Å². The van der Waals surface area contributed by atoms with Crippen LogP contribution in [0.4, 0.5) is 5.95 Å². The number of benzene rings is 3. The minimum absolute atomic E-state index is 0.114. The second-order valence-corrected chi connectivity index (χ2v) is 9.21. The molecule has 0 aliphatic carbocycles. The molecule has 0 radical (unpaired) electrons. The van der Waals surface area contributed by atoms with Crippen molar-refractivity contribution in [3.05, 3.63) is 83.4 Å². The van der Waals surface area contributed by atoms with E-state index >= 15 is 0 Å². The first-order chi connectivity index (χ1) is 18.4. The number of hydrogen-bond acceptors (Lipinski definition) is 5. The highest BCUT2D eigenvalue weighted by Gasteiger charge is 2.20. The van der Waals surface area contributed by atoms with E-state index in [1.807, 2.05) is 60.7 Å². The molecular weight excluding hydrogens is 506 g/mol. The summed E-state index contributed by atoms with van der Waals surface area (Å²) in [5.41, 5.74) is 4.50. The van der Waals surface area contributed by atoms with E-state index in [9.17, 15) is 19.5 Å². The molecule has 1 heterocycles. The number of aliphatic carboxylic acids is 1. The Morgan fingerprint density at radius 1 is 0.921 bits per heavy atom. The fraction of sp³-hybridized carbons (Fsp3) is 0.214. The Hall–Kier alpha value is -4.37. The molecule has 0 fully saturated rings. The number of para-hydroxylation sites is 2. The third kappa shape index (κ3) is 7.57. The fourth-order valence-electron chi connectivity index (χ4n) is 3.92. The number of rotatable bonds is 12. The molecule has 38 heavy (non-hydrogen) atoms. The Morgan fingerprint density at radius 2 is 1.61 bits per heavy atom. The number of nitrogens with one attached hydrogen (secondary N) is 4. The molecule has 3 aromatic carbocycles. The minimum atomic E-state index is -1.15. The zero-order valence-corrected chi connectivity index (χ0v) is 21.3. The number of hydrogen-bond donors (Lipinski definition) is 5. The van der Waals surface area contributed by atoms with Gasteiger partial charge in [-0.1, -0.05) is 60.1 Å². The molecule has 4 aromatic rings. The molecular formula is C28H28ClN5O4. The molecule has 0 spiro atoms. The number of carbonyl (C=O) groups is 3. The number of nitrogens with zero attached hydrogens (tertiary/aromatic N) is 1. The monoisotopic (exact) mass is 533 g/mol. The van der Waals surface area contributed by atoms with E-state index in [4.69, 9.17) is 11.6 Å². The van der Waals surface area contributed by atoms with Gasteiger partial charge in [-0.2, -0.15) is 0 Å². The van der Waals surface area contributed by atoms with Crippen molar-refractivity contribution >= 4 is 46.4 Å². The number of aromatic amines is 1. The first kappa shape index (κ1) is 26.7. The smallest absolute Gasteiger partial charge is 0.326 e. The van der Waals surface area contributed by atoms with E-state index in [1.54, 1.807) is 12.1 Å². The molecule has 1 unspecified atom stereocenters. The van der Waals surface area contributed by atoms with Crippen molar-refractivity contribution in [3.63, 3.8) is 0 Å². The zero-order valence-electron chi connectivity index (χ0n) is 20.5. The van der Waals surface area contributed by atoms with Crippen LogP contribution in [0.2, 0.25) is 5.02 Å². The summed E-state index contributed by atoms with van der Waals surface area (Å²) < 4.78 is 0. The summed E-state index contributed by atoms with van der Waals surface area (Å²) in [6.45, 7) is 0.229. The molecule has 1 aromatic heterocycles. The van der Waals surface area contributed by atoms with E-state index in [2.05, 4.69) is 25.9 Å². The molecule has 9 nitrogen and oxygen atoms in total. The van der Waals surface area contributed by atoms with Gasteiger partial charge in [0.2, 0.25) is 17.8 Å². The lowest BCUT2D eigenvalue weighted by Gasteiger charge is -2.15. The number of carboxylic acids is 1. The number of amides is 2. The lowest BCUT2D eigenvalue weighted by molar-refractivity contribution is -0.141. The van der Waals surface area contributed by atoms with Gasteiger partial charge in [-0.05, 0) is 47.4 Å². The number of anilines is 1. The normalized spacial score (nSPS) is 11.6. The van der Waals surface area contributed by atoms with Gasteiger partial charge < -0.3 is 26.0 Å². The molecule has 196 valence electrons. The van der Waals surface area contributed by atoms with Crippen molar-refractivity contribution in [1.82, 2.24) is 20.6 Å². The Labute approximate surface area is 224 Å². The van der Waals surface area contributed by atoms with E-state index in [1.165, 1.54) is 0 Å². The molecule has 0 aliphatic heterocycles. The van der Waals surface area contributed by atoms with Gasteiger partial charge in [0.1, 0.15) is 6.04 Å². The Balaban J connectivity index is 1.18. The van der Waals surface area contributed by atoms with Gasteiger partial charge in [0.05, 0.1) is 17.6 Å². The maximum absolute atomic E-state index is 12.3. The first-order valence-corrected chi connectivity index (χ1v) is 12.6. The summed E-state index contributed by atoms with van der Waals surface area (Å²) in [4.78, 5) is 43.7. The summed E-state index contributed by atoms with van der Waals surface area (Å²) in [6.07, 6.45) is 0.862. The quantitative estimate of drug-likeness (QED) is 0.175. The molecule has 10 heteroatoms. The van der Waals surface area contributed by atoms with E-state index < -0.39 is 17.9 Å². The van der Waals surface area contributed by atoms with Crippen LogP contribution in [-0.4, -0.2) is 52.0 Å². The summed E-state index contributed by atoms with van der Waals surface area (Å²) in [6, 6.07) is 21.4. The van der Waals surface area contributed by atoms with Gasteiger partial charge in [-0.15, -0.1) is 0 Å². The van der Waals surface area contributed by atoms with Gasteiger partial charge in [0, 0.05) is 24.4 Å². The molecule has 0 saturated carbocycles. The van der Waals surface area contributed by atoms with Gasteiger partial charge in [-0.25, -0.2) is 9.78 Å². The molecule has 0 saturated heterocycles. The van der Waals surface area contributed by atoms with Crippen LogP contribution in [0.3, 0.4) is 0 Å². The van der Waals surface area contributed by atoms with Crippen LogP contribution < -0.4 is 16.0 Å². The van der Waals surface area contributed by atoms with Gasteiger partial charge in [0.15, 0.2) is 0 Å². The highest BCUT2D eigenvalue weighted by atomic mass is 35.5. The predicted octanol–water partition coefficient (Wildman–Crippen LogP) is 4.00. The summed E-state index contributed by atoms with van der Waals surface area (Å²) in [5.74, 6) is -1.38. The average molecular weight is 534 g/mol. The molecule has 0 bridgehead atoms. The third-order valence-electron chi connectivity index (χ3n) is 5.91. The van der Waals surface area contributed by atoms with Crippen molar-refractivity contribution in [3.8, 4) is 11.1 Å².